The first-order valence-corrected chi connectivity index (χ1v) is 9.11. The Morgan fingerprint density at radius 2 is 2.00 bits per heavy atom. The molecular weight excluding hydrogens is 343 g/mol. The lowest BCUT2D eigenvalue weighted by Gasteiger charge is -2.20. The number of guanidine groups is 1. The Kier molecular flexibility index (Phi) is 7.32. The van der Waals surface area contributed by atoms with E-state index in [0.717, 1.165) is 57.1 Å². The van der Waals surface area contributed by atoms with E-state index < -0.39 is 11.7 Å². The van der Waals surface area contributed by atoms with E-state index in [2.05, 4.69) is 15.6 Å². The van der Waals surface area contributed by atoms with Gasteiger partial charge in [0, 0.05) is 38.8 Å². The standard InChI is InChI=1S/C19H28F3N3O/c1-3-26-12-5-4-11-24-17(23-2)25-14-18(9-10-18)15-7-6-8-16(13-15)19(20,21)22/h6-8,13H,3-5,9-12,14H2,1-2H3,(H2,23,24,25). The van der Waals surface area contributed by atoms with Gasteiger partial charge in [-0.3, -0.25) is 4.99 Å². The predicted molar refractivity (Wildman–Crippen MR) is 97.4 cm³/mol. The van der Waals surface area contributed by atoms with Crippen molar-refractivity contribution in [1.29, 1.82) is 0 Å². The number of unbranched alkanes of at least 4 members (excludes halogenated alkanes) is 1. The average Bonchev–Trinajstić information content (AvgIpc) is 3.41. The Balaban J connectivity index is 1.84. The van der Waals surface area contributed by atoms with Crippen molar-refractivity contribution >= 4 is 5.96 Å². The van der Waals surface area contributed by atoms with Gasteiger partial charge in [-0.15, -0.1) is 0 Å². The lowest BCUT2D eigenvalue weighted by molar-refractivity contribution is -0.137. The van der Waals surface area contributed by atoms with Crippen LogP contribution in [0.15, 0.2) is 29.3 Å². The first kappa shape index (κ1) is 20.6. The van der Waals surface area contributed by atoms with Crippen LogP contribution in [0.2, 0.25) is 0 Å². The molecule has 0 radical (unpaired) electrons. The fraction of sp³-hybridized carbons (Fsp3) is 0.632. The highest BCUT2D eigenvalue weighted by Crippen LogP contribution is 2.48. The van der Waals surface area contributed by atoms with Gasteiger partial charge in [0.25, 0.3) is 0 Å². The molecule has 0 aliphatic heterocycles. The maximum absolute atomic E-state index is 12.9. The first-order chi connectivity index (χ1) is 12.4. The number of nitrogens with zero attached hydrogens (tertiary/aromatic N) is 1. The number of rotatable bonds is 9. The number of benzene rings is 1. The molecule has 26 heavy (non-hydrogen) atoms. The molecule has 0 aromatic heterocycles. The Labute approximate surface area is 153 Å². The van der Waals surface area contributed by atoms with Crippen LogP contribution in [-0.4, -0.2) is 39.3 Å². The van der Waals surface area contributed by atoms with Crippen LogP contribution in [0.1, 0.15) is 43.7 Å². The lowest BCUT2D eigenvalue weighted by atomic mass is 9.94. The zero-order valence-electron chi connectivity index (χ0n) is 15.5. The maximum Gasteiger partial charge on any atom is 0.416 e. The van der Waals surface area contributed by atoms with Crippen molar-refractivity contribution in [1.82, 2.24) is 10.6 Å². The third-order valence-electron chi connectivity index (χ3n) is 4.69. The van der Waals surface area contributed by atoms with Gasteiger partial charge in [-0.1, -0.05) is 18.2 Å². The highest BCUT2D eigenvalue weighted by molar-refractivity contribution is 5.79. The zero-order valence-corrected chi connectivity index (χ0v) is 15.5. The monoisotopic (exact) mass is 371 g/mol. The number of nitrogens with one attached hydrogen (secondary N) is 2. The number of hydrogen-bond acceptors (Lipinski definition) is 2. The van der Waals surface area contributed by atoms with Crippen LogP contribution in [0.4, 0.5) is 13.2 Å². The third kappa shape index (κ3) is 5.90. The molecule has 0 heterocycles. The summed E-state index contributed by atoms with van der Waals surface area (Å²) in [5.74, 6) is 0.680. The Morgan fingerprint density at radius 3 is 2.62 bits per heavy atom. The number of hydrogen-bond donors (Lipinski definition) is 2. The van der Waals surface area contributed by atoms with Crippen molar-refractivity contribution in [3.8, 4) is 0 Å². The van der Waals surface area contributed by atoms with Crippen molar-refractivity contribution < 1.29 is 17.9 Å². The number of ether oxygens (including phenoxy) is 1. The van der Waals surface area contributed by atoms with Gasteiger partial charge in [0.15, 0.2) is 5.96 Å². The summed E-state index contributed by atoms with van der Waals surface area (Å²) in [6.45, 7) is 4.81. The molecule has 1 aliphatic carbocycles. The van der Waals surface area contributed by atoms with Crippen LogP contribution in [0.25, 0.3) is 0 Å². The third-order valence-corrected chi connectivity index (χ3v) is 4.69. The molecule has 1 aromatic carbocycles. The number of halogens is 3. The molecule has 0 bridgehead atoms. The molecule has 1 aliphatic rings. The molecule has 0 unspecified atom stereocenters. The van der Waals surface area contributed by atoms with Crippen molar-refractivity contribution in [2.24, 2.45) is 4.99 Å². The fourth-order valence-corrected chi connectivity index (χ4v) is 2.90. The first-order valence-electron chi connectivity index (χ1n) is 9.11. The van der Waals surface area contributed by atoms with E-state index >= 15 is 0 Å². The number of aliphatic imine (C=N–C) groups is 1. The van der Waals surface area contributed by atoms with E-state index in [-0.39, 0.29) is 5.41 Å². The Morgan fingerprint density at radius 1 is 1.23 bits per heavy atom. The normalized spacial score (nSPS) is 16.4. The van der Waals surface area contributed by atoms with Crippen LogP contribution < -0.4 is 10.6 Å². The van der Waals surface area contributed by atoms with E-state index in [1.165, 1.54) is 12.1 Å². The molecule has 0 saturated heterocycles. The highest BCUT2D eigenvalue weighted by atomic mass is 19.4. The van der Waals surface area contributed by atoms with Crippen LogP contribution >= 0.6 is 0 Å². The summed E-state index contributed by atoms with van der Waals surface area (Å²) in [4.78, 5) is 4.19. The summed E-state index contributed by atoms with van der Waals surface area (Å²) in [7, 11) is 1.69. The average molecular weight is 371 g/mol. The van der Waals surface area contributed by atoms with E-state index in [9.17, 15) is 13.2 Å². The molecular formula is C19H28F3N3O. The van der Waals surface area contributed by atoms with Gasteiger partial charge in [0.2, 0.25) is 0 Å². The molecule has 2 rings (SSSR count). The van der Waals surface area contributed by atoms with Crippen molar-refractivity contribution in [2.75, 3.05) is 33.4 Å². The zero-order chi connectivity index (χ0) is 19.0. The van der Waals surface area contributed by atoms with Gasteiger partial charge in [0.05, 0.1) is 5.56 Å². The van der Waals surface area contributed by atoms with Gasteiger partial charge in [-0.25, -0.2) is 0 Å². The Bertz CT molecular complexity index is 598. The second-order valence-electron chi connectivity index (χ2n) is 6.62. The van der Waals surface area contributed by atoms with Gasteiger partial charge in [-0.05, 0) is 44.2 Å². The minimum Gasteiger partial charge on any atom is -0.382 e. The maximum atomic E-state index is 12.9. The topological polar surface area (TPSA) is 45.6 Å². The van der Waals surface area contributed by atoms with Gasteiger partial charge < -0.3 is 15.4 Å². The van der Waals surface area contributed by atoms with Crippen molar-refractivity contribution in [3.05, 3.63) is 35.4 Å². The van der Waals surface area contributed by atoms with E-state index in [4.69, 9.17) is 4.74 Å². The van der Waals surface area contributed by atoms with Crippen LogP contribution in [0.5, 0.6) is 0 Å². The summed E-state index contributed by atoms with van der Waals surface area (Å²) in [5.41, 5.74) is -0.0709. The largest absolute Gasteiger partial charge is 0.416 e. The van der Waals surface area contributed by atoms with Gasteiger partial charge in [-0.2, -0.15) is 13.2 Å². The fourth-order valence-electron chi connectivity index (χ4n) is 2.90. The molecule has 0 amide bonds. The summed E-state index contributed by atoms with van der Waals surface area (Å²) < 4.78 is 44.1. The predicted octanol–water partition coefficient (Wildman–Crippen LogP) is 3.72. The molecule has 1 fully saturated rings. The van der Waals surface area contributed by atoms with E-state index in [1.807, 2.05) is 6.92 Å². The molecule has 1 saturated carbocycles. The van der Waals surface area contributed by atoms with Crippen LogP contribution in [-0.2, 0) is 16.3 Å². The molecule has 0 spiro atoms. The molecule has 4 nitrogen and oxygen atoms in total. The molecule has 2 N–H and O–H groups in total. The van der Waals surface area contributed by atoms with Gasteiger partial charge in [0.1, 0.15) is 0 Å². The van der Waals surface area contributed by atoms with Crippen LogP contribution in [0.3, 0.4) is 0 Å². The van der Waals surface area contributed by atoms with Crippen molar-refractivity contribution in [2.45, 2.75) is 44.2 Å². The van der Waals surface area contributed by atoms with Gasteiger partial charge >= 0.3 is 6.18 Å². The second kappa shape index (κ2) is 9.26. The minimum absolute atomic E-state index is 0.228. The second-order valence-corrected chi connectivity index (χ2v) is 6.62. The van der Waals surface area contributed by atoms with Crippen LogP contribution in [0, 0.1) is 0 Å². The summed E-state index contributed by atoms with van der Waals surface area (Å²) >= 11 is 0. The molecule has 1 aromatic rings. The van der Waals surface area contributed by atoms with E-state index in [1.54, 1.807) is 13.1 Å². The summed E-state index contributed by atoms with van der Waals surface area (Å²) in [5, 5.41) is 6.49. The summed E-state index contributed by atoms with van der Waals surface area (Å²) in [6.07, 6.45) is -0.594. The quantitative estimate of drug-likeness (QED) is 0.395. The Hall–Kier alpha value is -1.76. The number of alkyl halides is 3. The molecule has 0 atom stereocenters. The lowest BCUT2D eigenvalue weighted by Crippen LogP contribution is -2.41. The smallest absolute Gasteiger partial charge is 0.382 e. The highest BCUT2D eigenvalue weighted by Gasteiger charge is 2.45. The minimum atomic E-state index is -4.31. The SMILES string of the molecule is CCOCCCCNC(=NC)NCC1(c2cccc(C(F)(F)F)c2)CC1. The molecule has 7 heteroatoms. The van der Waals surface area contributed by atoms with E-state index in [0.29, 0.717) is 12.5 Å². The summed E-state index contributed by atoms with van der Waals surface area (Å²) in [6, 6.07) is 5.67. The van der Waals surface area contributed by atoms with Crippen molar-refractivity contribution in [3.63, 3.8) is 0 Å². The molecule has 146 valence electrons.